The van der Waals surface area contributed by atoms with Gasteiger partial charge in [0.2, 0.25) is 0 Å². The second kappa shape index (κ2) is 7.85. The van der Waals surface area contributed by atoms with Gasteiger partial charge in [-0.15, -0.1) is 0 Å². The van der Waals surface area contributed by atoms with E-state index in [0.29, 0.717) is 17.0 Å². The van der Waals surface area contributed by atoms with Crippen molar-refractivity contribution >= 4 is 22.9 Å². The molecule has 1 aromatic heterocycles. The number of carbonyl (C=O) groups excluding carboxylic acids is 1. The van der Waals surface area contributed by atoms with E-state index in [1.165, 1.54) is 6.21 Å². The number of hydrogen-bond acceptors (Lipinski definition) is 5. The van der Waals surface area contributed by atoms with E-state index in [1.54, 1.807) is 19.2 Å². The Kier molecular flexibility index (Phi) is 4.94. The van der Waals surface area contributed by atoms with E-state index in [2.05, 4.69) is 20.7 Å². The van der Waals surface area contributed by atoms with E-state index < -0.39 is 5.91 Å². The topological polar surface area (TPSA) is 99.6 Å². The Morgan fingerprint density at radius 3 is 2.86 bits per heavy atom. The summed E-state index contributed by atoms with van der Waals surface area (Å²) in [5, 5.41) is 22.8. The molecule has 1 amide bonds. The first-order valence-corrected chi connectivity index (χ1v) is 8.89. The molecule has 4 rings (SSSR count). The lowest BCUT2D eigenvalue weighted by molar-refractivity contribution is 0.0950. The number of benzene rings is 3. The van der Waals surface area contributed by atoms with Gasteiger partial charge in [0.05, 0.1) is 19.0 Å². The van der Waals surface area contributed by atoms with Crippen LogP contribution in [0.15, 0.2) is 71.8 Å². The predicted molar refractivity (Wildman–Crippen MR) is 111 cm³/mol. The zero-order valence-corrected chi connectivity index (χ0v) is 15.6. The Bertz CT molecular complexity index is 1210. The monoisotopic (exact) mass is 386 g/mol. The van der Waals surface area contributed by atoms with Gasteiger partial charge in [-0.25, -0.2) is 5.43 Å². The standard InChI is InChI=1S/C22H18N4O3/c1-29-16-7-4-6-15(11-16)19-12-20(25-24-19)22(28)26-23-13-18-17-8-3-2-5-14(17)9-10-21(18)27/h2-13,27H,1H3,(H,24,25)(H,26,28)/b23-13+. The molecule has 0 saturated carbocycles. The highest BCUT2D eigenvalue weighted by atomic mass is 16.5. The van der Waals surface area contributed by atoms with Crippen molar-refractivity contribution in [3.63, 3.8) is 0 Å². The van der Waals surface area contributed by atoms with Crippen molar-refractivity contribution in [2.75, 3.05) is 7.11 Å². The van der Waals surface area contributed by atoms with Crippen LogP contribution in [0.2, 0.25) is 0 Å². The van der Waals surface area contributed by atoms with Crippen molar-refractivity contribution in [1.29, 1.82) is 0 Å². The number of hydrazone groups is 1. The maximum Gasteiger partial charge on any atom is 0.289 e. The number of carbonyl (C=O) groups is 1. The molecule has 4 aromatic rings. The highest BCUT2D eigenvalue weighted by Gasteiger charge is 2.11. The second-order valence-corrected chi connectivity index (χ2v) is 6.32. The average molecular weight is 386 g/mol. The van der Waals surface area contributed by atoms with E-state index >= 15 is 0 Å². The van der Waals surface area contributed by atoms with Gasteiger partial charge in [0.15, 0.2) is 0 Å². The zero-order valence-electron chi connectivity index (χ0n) is 15.6. The summed E-state index contributed by atoms with van der Waals surface area (Å²) in [6.45, 7) is 0. The quantitative estimate of drug-likeness (QED) is 0.360. The molecule has 0 bridgehead atoms. The molecule has 7 heteroatoms. The Morgan fingerprint density at radius 1 is 1.14 bits per heavy atom. The van der Waals surface area contributed by atoms with Crippen LogP contribution in [0.1, 0.15) is 16.1 Å². The first kappa shape index (κ1) is 18.2. The van der Waals surface area contributed by atoms with Gasteiger partial charge in [-0.3, -0.25) is 9.89 Å². The highest BCUT2D eigenvalue weighted by Crippen LogP contribution is 2.25. The number of aromatic nitrogens is 2. The molecule has 0 radical (unpaired) electrons. The van der Waals surface area contributed by atoms with Gasteiger partial charge in [-0.2, -0.15) is 10.2 Å². The Hall–Kier alpha value is -4.13. The number of phenols is 1. The van der Waals surface area contributed by atoms with E-state index in [9.17, 15) is 9.90 Å². The second-order valence-electron chi connectivity index (χ2n) is 6.32. The molecular formula is C22H18N4O3. The number of phenolic OH excluding ortho intramolecular Hbond substituents is 1. The van der Waals surface area contributed by atoms with Gasteiger partial charge >= 0.3 is 0 Å². The molecule has 0 unspecified atom stereocenters. The number of H-pyrrole nitrogens is 1. The van der Waals surface area contributed by atoms with E-state index in [4.69, 9.17) is 4.74 Å². The largest absolute Gasteiger partial charge is 0.507 e. The summed E-state index contributed by atoms with van der Waals surface area (Å²) in [6, 6.07) is 20.1. The predicted octanol–water partition coefficient (Wildman–Crippen LogP) is 3.71. The summed E-state index contributed by atoms with van der Waals surface area (Å²) in [4.78, 5) is 12.4. The zero-order chi connectivity index (χ0) is 20.2. The number of methoxy groups -OCH3 is 1. The van der Waals surface area contributed by atoms with Crippen LogP contribution < -0.4 is 10.2 Å². The fourth-order valence-corrected chi connectivity index (χ4v) is 3.00. The lowest BCUT2D eigenvalue weighted by atomic mass is 10.0. The molecule has 0 fully saturated rings. The number of rotatable bonds is 5. The molecule has 1 heterocycles. The molecule has 0 aliphatic rings. The Morgan fingerprint density at radius 2 is 2.00 bits per heavy atom. The minimum atomic E-state index is -0.442. The van der Waals surface area contributed by atoms with Gasteiger partial charge in [-0.1, -0.05) is 42.5 Å². The normalized spacial score (nSPS) is 11.1. The first-order valence-electron chi connectivity index (χ1n) is 8.89. The Balaban J connectivity index is 1.51. The van der Waals surface area contributed by atoms with Crippen LogP contribution >= 0.6 is 0 Å². The van der Waals surface area contributed by atoms with Gasteiger partial charge in [0.1, 0.15) is 17.2 Å². The van der Waals surface area contributed by atoms with Crippen molar-refractivity contribution < 1.29 is 14.6 Å². The summed E-state index contributed by atoms with van der Waals surface area (Å²) >= 11 is 0. The number of ether oxygens (including phenoxy) is 1. The van der Waals surface area contributed by atoms with Crippen molar-refractivity contribution in [3.05, 3.63) is 78.0 Å². The van der Waals surface area contributed by atoms with E-state index in [0.717, 1.165) is 16.3 Å². The minimum absolute atomic E-state index is 0.0866. The molecule has 29 heavy (non-hydrogen) atoms. The van der Waals surface area contributed by atoms with Crippen LogP contribution in [0, 0.1) is 0 Å². The lowest BCUT2D eigenvalue weighted by Gasteiger charge is -2.04. The minimum Gasteiger partial charge on any atom is -0.507 e. The summed E-state index contributed by atoms with van der Waals surface area (Å²) in [7, 11) is 1.59. The third-order valence-electron chi connectivity index (χ3n) is 4.50. The van der Waals surface area contributed by atoms with Gasteiger partial charge < -0.3 is 9.84 Å². The summed E-state index contributed by atoms with van der Waals surface area (Å²) < 4.78 is 5.21. The molecule has 0 spiro atoms. The smallest absolute Gasteiger partial charge is 0.289 e. The van der Waals surface area contributed by atoms with Gasteiger partial charge in [-0.05, 0) is 35.0 Å². The summed E-state index contributed by atoms with van der Waals surface area (Å²) in [5.41, 5.74) is 4.69. The Labute approximate surface area is 166 Å². The fourth-order valence-electron chi connectivity index (χ4n) is 3.00. The van der Waals surface area contributed by atoms with Crippen LogP contribution in [-0.4, -0.2) is 34.5 Å². The van der Waals surface area contributed by atoms with Gasteiger partial charge in [0.25, 0.3) is 5.91 Å². The number of aromatic hydroxyl groups is 1. The van der Waals surface area contributed by atoms with Crippen LogP contribution in [0.25, 0.3) is 22.0 Å². The fraction of sp³-hybridized carbons (Fsp3) is 0.0455. The SMILES string of the molecule is COc1cccc(-c2cc(C(=O)N/N=C/c3c(O)ccc4ccccc34)[nH]n2)c1. The third-order valence-corrected chi connectivity index (χ3v) is 4.50. The molecule has 0 saturated heterocycles. The van der Waals surface area contributed by atoms with Crippen molar-refractivity contribution in [1.82, 2.24) is 15.6 Å². The van der Waals surface area contributed by atoms with Crippen LogP contribution in [0.5, 0.6) is 11.5 Å². The molecule has 144 valence electrons. The number of amides is 1. The average Bonchev–Trinajstić information content (AvgIpc) is 3.26. The highest BCUT2D eigenvalue weighted by molar-refractivity contribution is 6.03. The lowest BCUT2D eigenvalue weighted by Crippen LogP contribution is -2.18. The number of nitrogens with one attached hydrogen (secondary N) is 2. The number of fused-ring (bicyclic) bond motifs is 1. The van der Waals surface area contributed by atoms with E-state index in [-0.39, 0.29) is 11.4 Å². The molecule has 0 aliphatic heterocycles. The van der Waals surface area contributed by atoms with Crippen molar-refractivity contribution in [2.45, 2.75) is 0 Å². The van der Waals surface area contributed by atoms with Crippen molar-refractivity contribution in [3.8, 4) is 22.8 Å². The molecular weight excluding hydrogens is 368 g/mol. The molecule has 3 N–H and O–H groups in total. The first-order chi connectivity index (χ1) is 14.2. The summed E-state index contributed by atoms with van der Waals surface area (Å²) in [6.07, 6.45) is 1.43. The van der Waals surface area contributed by atoms with Crippen LogP contribution in [-0.2, 0) is 0 Å². The third kappa shape index (κ3) is 3.79. The molecule has 7 nitrogen and oxygen atoms in total. The molecule has 0 aliphatic carbocycles. The van der Waals surface area contributed by atoms with Crippen LogP contribution in [0.4, 0.5) is 0 Å². The maximum atomic E-state index is 12.4. The number of nitrogens with zero attached hydrogens (tertiary/aromatic N) is 2. The van der Waals surface area contributed by atoms with E-state index in [1.807, 2.05) is 54.6 Å². The van der Waals surface area contributed by atoms with Crippen molar-refractivity contribution in [2.24, 2.45) is 5.10 Å². The summed E-state index contributed by atoms with van der Waals surface area (Å²) in [5.74, 6) is 0.349. The van der Waals surface area contributed by atoms with Gasteiger partial charge in [0, 0.05) is 11.1 Å². The number of aromatic amines is 1. The number of hydrogen-bond donors (Lipinski definition) is 3. The molecule has 3 aromatic carbocycles. The maximum absolute atomic E-state index is 12.4. The van der Waals surface area contributed by atoms with Crippen LogP contribution in [0.3, 0.4) is 0 Å². The molecule has 0 atom stereocenters.